The minimum Gasteiger partial charge on any atom is -0.434 e. The summed E-state index contributed by atoms with van der Waals surface area (Å²) in [5, 5.41) is 11.0. The number of hydrogen-bond donors (Lipinski definition) is 0. The van der Waals surface area contributed by atoms with Gasteiger partial charge in [0, 0.05) is 15.3 Å². The lowest BCUT2D eigenvalue weighted by Gasteiger charge is -2.06. The number of aromatic nitrogens is 1. The van der Waals surface area contributed by atoms with Crippen LogP contribution in [0.2, 0.25) is 0 Å². The van der Waals surface area contributed by atoms with Gasteiger partial charge in [-0.1, -0.05) is 6.07 Å². The van der Waals surface area contributed by atoms with E-state index in [1.54, 1.807) is 25.1 Å². The quantitative estimate of drug-likeness (QED) is 0.478. The molecule has 1 heterocycles. The standard InChI is InChI=1S/C12H9IN2O3/c1-8-5-6-14-12(11(8)15(16)17)18-10-4-2-3-9(13)7-10/h2-7H,1H3. The third-order valence-corrected chi connectivity index (χ3v) is 2.96. The normalized spacial score (nSPS) is 10.1. The van der Waals surface area contributed by atoms with Gasteiger partial charge in [-0.2, -0.15) is 0 Å². The summed E-state index contributed by atoms with van der Waals surface area (Å²) in [5.74, 6) is 0.546. The Morgan fingerprint density at radius 2 is 2.17 bits per heavy atom. The Morgan fingerprint density at radius 3 is 2.83 bits per heavy atom. The zero-order valence-corrected chi connectivity index (χ0v) is 11.6. The molecule has 5 nitrogen and oxygen atoms in total. The van der Waals surface area contributed by atoms with E-state index in [2.05, 4.69) is 27.6 Å². The molecule has 0 atom stereocenters. The molecule has 1 aromatic carbocycles. The highest BCUT2D eigenvalue weighted by atomic mass is 127. The minimum atomic E-state index is -0.481. The number of rotatable bonds is 3. The smallest absolute Gasteiger partial charge is 0.334 e. The van der Waals surface area contributed by atoms with Crippen molar-refractivity contribution in [2.24, 2.45) is 0 Å². The first kappa shape index (κ1) is 12.7. The van der Waals surface area contributed by atoms with E-state index in [0.29, 0.717) is 11.3 Å². The molecule has 0 aliphatic carbocycles. The highest BCUT2D eigenvalue weighted by Crippen LogP contribution is 2.31. The van der Waals surface area contributed by atoms with Gasteiger partial charge in [-0.15, -0.1) is 0 Å². The molecule has 0 radical (unpaired) electrons. The molecule has 0 N–H and O–H groups in total. The first-order valence-electron chi connectivity index (χ1n) is 5.11. The van der Waals surface area contributed by atoms with Crippen molar-refractivity contribution in [1.82, 2.24) is 4.98 Å². The van der Waals surface area contributed by atoms with Gasteiger partial charge in [0.05, 0.1) is 4.92 Å². The van der Waals surface area contributed by atoms with E-state index in [9.17, 15) is 10.1 Å². The van der Waals surface area contributed by atoms with E-state index in [4.69, 9.17) is 4.74 Å². The van der Waals surface area contributed by atoms with Gasteiger partial charge in [-0.05, 0) is 53.8 Å². The summed E-state index contributed by atoms with van der Waals surface area (Å²) in [5.41, 5.74) is 0.423. The van der Waals surface area contributed by atoms with E-state index in [0.717, 1.165) is 3.57 Å². The Hall–Kier alpha value is -1.70. The summed E-state index contributed by atoms with van der Waals surface area (Å²) >= 11 is 2.14. The number of aryl methyl sites for hydroxylation is 1. The van der Waals surface area contributed by atoms with Crippen molar-refractivity contribution in [3.05, 3.63) is 55.8 Å². The van der Waals surface area contributed by atoms with Gasteiger partial charge in [-0.3, -0.25) is 10.1 Å². The molecule has 1 aromatic heterocycles. The van der Waals surface area contributed by atoms with Crippen LogP contribution in [0.5, 0.6) is 11.6 Å². The van der Waals surface area contributed by atoms with Crippen molar-refractivity contribution in [2.45, 2.75) is 6.92 Å². The average Bonchev–Trinajstić information content (AvgIpc) is 2.28. The van der Waals surface area contributed by atoms with E-state index >= 15 is 0 Å². The van der Waals surface area contributed by atoms with Gasteiger partial charge in [0.25, 0.3) is 5.88 Å². The number of hydrogen-bond acceptors (Lipinski definition) is 4. The summed E-state index contributed by atoms with van der Waals surface area (Å²) in [6.45, 7) is 1.65. The molecule has 0 spiro atoms. The lowest BCUT2D eigenvalue weighted by atomic mass is 10.2. The van der Waals surface area contributed by atoms with Gasteiger partial charge < -0.3 is 4.74 Å². The lowest BCUT2D eigenvalue weighted by Crippen LogP contribution is -1.98. The van der Waals surface area contributed by atoms with E-state index in [-0.39, 0.29) is 11.6 Å². The average molecular weight is 356 g/mol. The predicted molar refractivity (Wildman–Crippen MR) is 74.9 cm³/mol. The van der Waals surface area contributed by atoms with Crippen molar-refractivity contribution in [2.75, 3.05) is 0 Å². The number of nitro groups is 1. The van der Waals surface area contributed by atoms with E-state index < -0.39 is 4.92 Å². The van der Waals surface area contributed by atoms with Gasteiger partial charge in [0.15, 0.2) is 0 Å². The van der Waals surface area contributed by atoms with Crippen LogP contribution in [0.25, 0.3) is 0 Å². The van der Waals surface area contributed by atoms with Crippen molar-refractivity contribution in [1.29, 1.82) is 0 Å². The fraction of sp³-hybridized carbons (Fsp3) is 0.0833. The molecule has 0 saturated heterocycles. The highest BCUT2D eigenvalue weighted by Gasteiger charge is 2.20. The molecule has 18 heavy (non-hydrogen) atoms. The van der Waals surface area contributed by atoms with Crippen molar-refractivity contribution < 1.29 is 9.66 Å². The molecule has 6 heteroatoms. The highest BCUT2D eigenvalue weighted by molar-refractivity contribution is 14.1. The fourth-order valence-electron chi connectivity index (χ4n) is 1.46. The van der Waals surface area contributed by atoms with Gasteiger partial charge in [0.2, 0.25) is 0 Å². The van der Waals surface area contributed by atoms with Crippen LogP contribution in [0, 0.1) is 20.6 Å². The Labute approximate surface area is 117 Å². The number of benzene rings is 1. The minimum absolute atomic E-state index is 0.0157. The van der Waals surface area contributed by atoms with Crippen LogP contribution < -0.4 is 4.74 Å². The Morgan fingerprint density at radius 1 is 1.39 bits per heavy atom. The van der Waals surface area contributed by atoms with Gasteiger partial charge in [0.1, 0.15) is 5.75 Å². The lowest BCUT2D eigenvalue weighted by molar-refractivity contribution is -0.386. The molecular weight excluding hydrogens is 347 g/mol. The summed E-state index contributed by atoms with van der Waals surface area (Å²) in [4.78, 5) is 14.4. The van der Waals surface area contributed by atoms with Crippen molar-refractivity contribution in [3.63, 3.8) is 0 Å². The maximum atomic E-state index is 11.0. The summed E-state index contributed by atoms with van der Waals surface area (Å²) in [7, 11) is 0. The molecule has 0 bridgehead atoms. The number of halogens is 1. The largest absolute Gasteiger partial charge is 0.434 e. The third kappa shape index (κ3) is 2.76. The Kier molecular flexibility index (Phi) is 3.75. The SMILES string of the molecule is Cc1ccnc(Oc2cccc(I)c2)c1[N+](=O)[O-]. The monoisotopic (exact) mass is 356 g/mol. The van der Waals surface area contributed by atoms with Crippen molar-refractivity contribution >= 4 is 28.3 Å². The number of pyridine rings is 1. The van der Waals surface area contributed by atoms with Crippen molar-refractivity contribution in [3.8, 4) is 11.6 Å². The zero-order chi connectivity index (χ0) is 13.1. The maximum absolute atomic E-state index is 11.0. The van der Waals surface area contributed by atoms with Crippen LogP contribution in [0.1, 0.15) is 5.56 Å². The third-order valence-electron chi connectivity index (χ3n) is 2.29. The Balaban J connectivity index is 2.40. The molecule has 2 rings (SSSR count). The second kappa shape index (κ2) is 5.30. The summed E-state index contributed by atoms with van der Waals surface area (Å²) in [6, 6.07) is 8.83. The second-order valence-corrected chi connectivity index (χ2v) is 4.84. The van der Waals surface area contributed by atoms with Crippen LogP contribution in [0.3, 0.4) is 0 Å². The molecule has 0 aliphatic rings. The van der Waals surface area contributed by atoms with Gasteiger partial charge >= 0.3 is 5.69 Å². The molecule has 0 saturated carbocycles. The number of nitrogens with zero attached hydrogens (tertiary/aromatic N) is 2. The van der Waals surface area contributed by atoms with Crippen LogP contribution in [-0.4, -0.2) is 9.91 Å². The van der Waals surface area contributed by atoms with Crippen LogP contribution in [-0.2, 0) is 0 Å². The topological polar surface area (TPSA) is 65.3 Å². The van der Waals surface area contributed by atoms with Gasteiger partial charge in [-0.25, -0.2) is 4.98 Å². The molecule has 0 aliphatic heterocycles. The first-order valence-corrected chi connectivity index (χ1v) is 6.19. The fourth-order valence-corrected chi connectivity index (χ4v) is 1.98. The van der Waals surface area contributed by atoms with Crippen LogP contribution in [0.15, 0.2) is 36.5 Å². The molecule has 0 amide bonds. The Bertz CT molecular complexity index is 602. The molecule has 2 aromatic rings. The van der Waals surface area contributed by atoms with Crippen LogP contribution >= 0.6 is 22.6 Å². The molecule has 0 unspecified atom stereocenters. The summed E-state index contributed by atoms with van der Waals surface area (Å²) in [6.07, 6.45) is 1.49. The molecule has 0 fully saturated rings. The van der Waals surface area contributed by atoms with E-state index in [1.807, 2.05) is 12.1 Å². The second-order valence-electron chi connectivity index (χ2n) is 3.60. The first-order chi connectivity index (χ1) is 8.58. The van der Waals surface area contributed by atoms with Crippen LogP contribution in [0.4, 0.5) is 5.69 Å². The molecule has 92 valence electrons. The predicted octanol–water partition coefficient (Wildman–Crippen LogP) is 3.70. The van der Waals surface area contributed by atoms with E-state index in [1.165, 1.54) is 6.20 Å². The number of ether oxygens (including phenoxy) is 1. The maximum Gasteiger partial charge on any atom is 0.334 e. The molecular formula is C12H9IN2O3. The zero-order valence-electron chi connectivity index (χ0n) is 9.46. The summed E-state index contributed by atoms with van der Waals surface area (Å²) < 4.78 is 6.46.